The Hall–Kier alpha value is -3.28. The molecule has 1 N–H and O–H groups in total. The van der Waals surface area contributed by atoms with Gasteiger partial charge in [0.1, 0.15) is 12.6 Å². The van der Waals surface area contributed by atoms with Gasteiger partial charge in [-0.2, -0.15) is 13.2 Å². The predicted octanol–water partition coefficient (Wildman–Crippen LogP) is 6.33. The second kappa shape index (κ2) is 14.5. The van der Waals surface area contributed by atoms with E-state index in [2.05, 4.69) is 5.32 Å². The fraction of sp³-hybridized carbons (Fsp3) is 0.333. The Kier molecular flexibility index (Phi) is 11.5. The molecule has 7 nitrogen and oxygen atoms in total. The Morgan fingerprint density at radius 1 is 0.953 bits per heavy atom. The first-order valence-electron chi connectivity index (χ1n) is 13.3. The van der Waals surface area contributed by atoms with E-state index in [1.807, 2.05) is 13.8 Å². The molecule has 2 amide bonds. The summed E-state index contributed by atoms with van der Waals surface area (Å²) in [5.74, 6) is -1.30. The van der Waals surface area contributed by atoms with Crippen molar-refractivity contribution in [3.05, 3.63) is 99.5 Å². The summed E-state index contributed by atoms with van der Waals surface area (Å²) in [5, 5.41) is 2.58. The molecule has 0 bridgehead atoms. The number of sulfonamides is 1. The minimum Gasteiger partial charge on any atom is -0.352 e. The van der Waals surface area contributed by atoms with Crippen molar-refractivity contribution in [2.75, 3.05) is 17.1 Å². The molecular weight excluding hydrogens is 626 g/mol. The highest BCUT2D eigenvalue weighted by atomic mass is 35.5. The molecule has 0 fully saturated rings. The van der Waals surface area contributed by atoms with Crippen molar-refractivity contribution in [3.63, 3.8) is 0 Å². The van der Waals surface area contributed by atoms with Gasteiger partial charge in [-0.25, -0.2) is 8.42 Å². The van der Waals surface area contributed by atoms with E-state index >= 15 is 0 Å². The van der Waals surface area contributed by atoms with E-state index in [4.69, 9.17) is 23.2 Å². The zero-order valence-electron chi connectivity index (χ0n) is 23.7. The molecule has 0 aliphatic heterocycles. The topological polar surface area (TPSA) is 86.8 Å². The lowest BCUT2D eigenvalue weighted by Gasteiger charge is -2.34. The molecule has 0 unspecified atom stereocenters. The van der Waals surface area contributed by atoms with Crippen LogP contribution in [0.15, 0.2) is 72.8 Å². The highest BCUT2D eigenvalue weighted by Crippen LogP contribution is 2.37. The van der Waals surface area contributed by atoms with E-state index in [-0.39, 0.29) is 19.0 Å². The molecule has 43 heavy (non-hydrogen) atoms. The fourth-order valence-electron chi connectivity index (χ4n) is 4.30. The molecule has 2 atom stereocenters. The quantitative estimate of drug-likeness (QED) is 0.247. The summed E-state index contributed by atoms with van der Waals surface area (Å²) in [6.45, 7) is 2.64. The van der Waals surface area contributed by atoms with Crippen LogP contribution in [0.25, 0.3) is 0 Å². The molecule has 0 aliphatic carbocycles. The van der Waals surface area contributed by atoms with Gasteiger partial charge in [0.2, 0.25) is 21.8 Å². The molecule has 3 aromatic carbocycles. The second-order valence-corrected chi connectivity index (χ2v) is 12.8. The Bertz CT molecular complexity index is 1540. The standard InChI is InChI=1S/C30H32Cl2F3N3O4S/c1-4-20(2)36-29(40)27(16-21-10-6-5-7-11-21)37(18-22-12-8-9-13-25(22)31)28(39)19-38(43(3,41)42)23-14-15-26(32)24(17-23)30(33,34)35/h5-15,17,20,27H,4,16,18-19H2,1-3H3,(H,36,40)/t20-,27+/m1/s1. The lowest BCUT2D eigenvalue weighted by atomic mass is 10.0. The molecule has 0 saturated heterocycles. The summed E-state index contributed by atoms with van der Waals surface area (Å²) in [5.41, 5.74) is -0.440. The van der Waals surface area contributed by atoms with Gasteiger partial charge in [0.25, 0.3) is 0 Å². The highest BCUT2D eigenvalue weighted by molar-refractivity contribution is 7.92. The van der Waals surface area contributed by atoms with Crippen molar-refractivity contribution in [2.45, 2.75) is 51.5 Å². The maximum atomic E-state index is 14.1. The number of nitrogens with zero attached hydrogens (tertiary/aromatic N) is 2. The van der Waals surface area contributed by atoms with E-state index in [0.717, 1.165) is 24.0 Å². The van der Waals surface area contributed by atoms with Crippen LogP contribution in [0.5, 0.6) is 0 Å². The average Bonchev–Trinajstić information content (AvgIpc) is 2.94. The maximum absolute atomic E-state index is 14.1. The lowest BCUT2D eigenvalue weighted by molar-refractivity contribution is -0.140. The molecule has 232 valence electrons. The number of alkyl halides is 3. The number of halogens is 5. The monoisotopic (exact) mass is 657 g/mol. The Morgan fingerprint density at radius 3 is 2.16 bits per heavy atom. The van der Waals surface area contributed by atoms with Crippen LogP contribution in [-0.4, -0.2) is 50.0 Å². The molecule has 0 aliphatic rings. The van der Waals surface area contributed by atoms with E-state index < -0.39 is 56.9 Å². The Balaban J connectivity index is 2.12. The van der Waals surface area contributed by atoms with Crippen molar-refractivity contribution >= 4 is 50.7 Å². The molecule has 3 rings (SSSR count). The number of carbonyl (C=O) groups is 2. The van der Waals surface area contributed by atoms with Crippen molar-refractivity contribution in [3.8, 4) is 0 Å². The smallest absolute Gasteiger partial charge is 0.352 e. The number of hydrogen-bond acceptors (Lipinski definition) is 4. The van der Waals surface area contributed by atoms with E-state index in [1.165, 1.54) is 4.90 Å². The number of rotatable bonds is 12. The Morgan fingerprint density at radius 2 is 1.58 bits per heavy atom. The maximum Gasteiger partial charge on any atom is 0.417 e. The van der Waals surface area contributed by atoms with Gasteiger partial charge in [-0.1, -0.05) is 78.7 Å². The molecule has 0 aromatic heterocycles. The number of nitrogens with one attached hydrogen (secondary N) is 1. The SMILES string of the molecule is CC[C@@H](C)NC(=O)[C@H](Cc1ccccc1)N(Cc1ccccc1Cl)C(=O)CN(c1ccc(Cl)c(C(F)(F)F)c1)S(C)(=O)=O. The summed E-state index contributed by atoms with van der Waals surface area (Å²) in [7, 11) is -4.28. The average molecular weight is 659 g/mol. The van der Waals surface area contributed by atoms with Gasteiger partial charge >= 0.3 is 6.18 Å². The summed E-state index contributed by atoms with van der Waals surface area (Å²) in [4.78, 5) is 29.0. The minimum atomic E-state index is -4.87. The number of hydrogen-bond donors (Lipinski definition) is 1. The fourth-order valence-corrected chi connectivity index (χ4v) is 5.57. The van der Waals surface area contributed by atoms with Crippen molar-refractivity contribution in [1.29, 1.82) is 0 Å². The van der Waals surface area contributed by atoms with Gasteiger partial charge in [-0.15, -0.1) is 0 Å². The number of amides is 2. The van der Waals surface area contributed by atoms with E-state index in [9.17, 15) is 31.2 Å². The van der Waals surface area contributed by atoms with E-state index in [1.54, 1.807) is 54.6 Å². The van der Waals surface area contributed by atoms with Crippen LogP contribution in [0, 0.1) is 0 Å². The summed E-state index contributed by atoms with van der Waals surface area (Å²) >= 11 is 12.2. The van der Waals surface area contributed by atoms with Crippen LogP contribution in [0.1, 0.15) is 37.0 Å². The van der Waals surface area contributed by atoms with Crippen LogP contribution in [0.2, 0.25) is 10.0 Å². The van der Waals surface area contributed by atoms with Crippen molar-refractivity contribution < 1.29 is 31.2 Å². The minimum absolute atomic E-state index is 0.0807. The Labute approximate surface area is 259 Å². The third-order valence-electron chi connectivity index (χ3n) is 6.79. The second-order valence-electron chi connectivity index (χ2n) is 10.1. The largest absolute Gasteiger partial charge is 0.417 e. The van der Waals surface area contributed by atoms with Gasteiger partial charge in [0.05, 0.1) is 22.5 Å². The molecule has 0 heterocycles. The third-order valence-corrected chi connectivity index (χ3v) is 8.63. The number of carbonyl (C=O) groups excluding carboxylic acids is 2. The summed E-state index contributed by atoms with van der Waals surface area (Å²) in [6, 6.07) is 16.8. The van der Waals surface area contributed by atoms with Gasteiger partial charge < -0.3 is 10.2 Å². The zero-order chi connectivity index (χ0) is 31.9. The van der Waals surface area contributed by atoms with Crippen molar-refractivity contribution in [1.82, 2.24) is 10.2 Å². The molecule has 0 spiro atoms. The van der Waals surface area contributed by atoms with Crippen LogP contribution < -0.4 is 9.62 Å². The van der Waals surface area contributed by atoms with E-state index in [0.29, 0.717) is 27.4 Å². The van der Waals surface area contributed by atoms with Crippen LogP contribution in [0.4, 0.5) is 18.9 Å². The summed E-state index contributed by atoms with van der Waals surface area (Å²) < 4.78 is 67.1. The molecule has 13 heteroatoms. The third kappa shape index (κ3) is 9.35. The molecule has 0 radical (unpaired) electrons. The van der Waals surface area contributed by atoms with Crippen LogP contribution >= 0.6 is 23.2 Å². The van der Waals surface area contributed by atoms with Gasteiger partial charge in [0.15, 0.2) is 0 Å². The predicted molar refractivity (Wildman–Crippen MR) is 162 cm³/mol. The van der Waals surface area contributed by atoms with Crippen molar-refractivity contribution in [2.24, 2.45) is 0 Å². The van der Waals surface area contributed by atoms with Gasteiger partial charge in [0, 0.05) is 24.0 Å². The summed E-state index contributed by atoms with van der Waals surface area (Å²) in [6.07, 6.45) is -3.40. The lowest BCUT2D eigenvalue weighted by Crippen LogP contribution is -2.54. The molecule has 0 saturated carbocycles. The van der Waals surface area contributed by atoms with Gasteiger partial charge in [-0.05, 0) is 48.7 Å². The number of anilines is 1. The van der Waals surface area contributed by atoms with Crippen LogP contribution in [-0.2, 0) is 38.8 Å². The normalized spacial score (nSPS) is 13.2. The number of benzene rings is 3. The first kappa shape index (κ1) is 34.2. The van der Waals surface area contributed by atoms with Crippen LogP contribution in [0.3, 0.4) is 0 Å². The molecular formula is C30H32Cl2F3N3O4S. The highest BCUT2D eigenvalue weighted by Gasteiger charge is 2.36. The zero-order valence-corrected chi connectivity index (χ0v) is 26.1. The first-order chi connectivity index (χ1) is 20.1. The first-order valence-corrected chi connectivity index (χ1v) is 15.9. The molecule has 3 aromatic rings. The van der Waals surface area contributed by atoms with Gasteiger partial charge in [-0.3, -0.25) is 13.9 Å².